The monoisotopic (exact) mass is 335 g/mol. The van der Waals surface area contributed by atoms with E-state index in [4.69, 9.17) is 11.6 Å². The predicted octanol–water partition coefficient (Wildman–Crippen LogP) is 3.97. The van der Waals surface area contributed by atoms with E-state index in [0.717, 1.165) is 12.8 Å². The highest BCUT2D eigenvalue weighted by molar-refractivity contribution is 9.10. The molecule has 1 unspecified atom stereocenters. The van der Waals surface area contributed by atoms with Gasteiger partial charge in [-0.05, 0) is 46.8 Å². The molecule has 0 spiro atoms. The molecular weight excluding hydrogens is 321 g/mol. The summed E-state index contributed by atoms with van der Waals surface area (Å²) in [7, 11) is 0. The molecule has 2 nitrogen and oxygen atoms in total. The molecule has 18 heavy (non-hydrogen) atoms. The summed E-state index contributed by atoms with van der Waals surface area (Å²) in [6, 6.07) is 4.41. The number of nitrogens with one attached hydrogen (secondary N) is 1. The number of rotatable bonds is 6. The Balaban J connectivity index is 2.44. The molecular formula is C13H16BrClFNO. The third-order valence-corrected chi connectivity index (χ3v) is 3.95. The van der Waals surface area contributed by atoms with Crippen LogP contribution in [0.25, 0.3) is 0 Å². The van der Waals surface area contributed by atoms with E-state index in [2.05, 4.69) is 28.2 Å². The maximum absolute atomic E-state index is 13.2. The first-order chi connectivity index (χ1) is 8.56. The zero-order chi connectivity index (χ0) is 13.5. The molecule has 0 bridgehead atoms. The fourth-order valence-corrected chi connectivity index (χ4v) is 2.10. The van der Waals surface area contributed by atoms with E-state index in [1.54, 1.807) is 6.07 Å². The minimum atomic E-state index is -0.432. The van der Waals surface area contributed by atoms with Crippen molar-refractivity contribution in [2.75, 3.05) is 12.4 Å². The van der Waals surface area contributed by atoms with E-state index in [1.165, 1.54) is 12.1 Å². The van der Waals surface area contributed by atoms with Gasteiger partial charge in [-0.15, -0.1) is 11.6 Å². The molecule has 1 N–H and O–H groups in total. The lowest BCUT2D eigenvalue weighted by atomic mass is 10.1. The quantitative estimate of drug-likeness (QED) is 0.618. The number of carbonyl (C=O) groups excluding carboxylic acids is 1. The number of alkyl halides is 1. The number of amides is 1. The fraction of sp³-hybridized carbons (Fsp3) is 0.462. The number of hydrogen-bond acceptors (Lipinski definition) is 1. The molecule has 1 amide bonds. The topological polar surface area (TPSA) is 29.1 Å². The first kappa shape index (κ1) is 15.4. The van der Waals surface area contributed by atoms with Crippen LogP contribution in [0, 0.1) is 11.7 Å². The Morgan fingerprint density at radius 2 is 2.28 bits per heavy atom. The molecule has 0 saturated heterocycles. The lowest BCUT2D eigenvalue weighted by molar-refractivity contribution is 0.0951. The second-order valence-corrected chi connectivity index (χ2v) is 5.36. The Bertz CT molecular complexity index is 414. The number of benzene rings is 1. The van der Waals surface area contributed by atoms with Crippen molar-refractivity contribution in [1.82, 2.24) is 5.32 Å². The van der Waals surface area contributed by atoms with Gasteiger partial charge in [0.2, 0.25) is 0 Å². The largest absolute Gasteiger partial charge is 0.352 e. The van der Waals surface area contributed by atoms with E-state index in [9.17, 15) is 9.18 Å². The van der Waals surface area contributed by atoms with Gasteiger partial charge < -0.3 is 5.32 Å². The van der Waals surface area contributed by atoms with Crippen molar-refractivity contribution in [3.8, 4) is 0 Å². The van der Waals surface area contributed by atoms with Gasteiger partial charge in [-0.2, -0.15) is 0 Å². The van der Waals surface area contributed by atoms with E-state index in [0.29, 0.717) is 23.9 Å². The van der Waals surface area contributed by atoms with Gasteiger partial charge in [-0.25, -0.2) is 4.39 Å². The second-order valence-electron chi connectivity index (χ2n) is 4.26. The summed E-state index contributed by atoms with van der Waals surface area (Å²) in [4.78, 5) is 11.8. The fourth-order valence-electron chi connectivity index (χ4n) is 1.50. The van der Waals surface area contributed by atoms with Gasteiger partial charge in [-0.1, -0.05) is 13.0 Å². The predicted molar refractivity (Wildman–Crippen MR) is 75.6 cm³/mol. The molecule has 100 valence electrons. The molecule has 0 radical (unpaired) electrons. The van der Waals surface area contributed by atoms with Crippen molar-refractivity contribution < 1.29 is 9.18 Å². The Labute approximate surface area is 120 Å². The third kappa shape index (κ3) is 4.58. The normalized spacial score (nSPS) is 12.2. The molecule has 0 saturated carbocycles. The molecule has 1 atom stereocenters. The Morgan fingerprint density at radius 3 is 2.94 bits per heavy atom. The summed E-state index contributed by atoms with van der Waals surface area (Å²) in [5.74, 6) is 0.381. The summed E-state index contributed by atoms with van der Waals surface area (Å²) in [6.07, 6.45) is 1.83. The van der Waals surface area contributed by atoms with Gasteiger partial charge in [0.25, 0.3) is 5.91 Å². The zero-order valence-corrected chi connectivity index (χ0v) is 12.5. The molecule has 1 aromatic rings. The maximum atomic E-state index is 13.2. The van der Waals surface area contributed by atoms with Gasteiger partial charge in [0, 0.05) is 12.4 Å². The van der Waals surface area contributed by atoms with Gasteiger partial charge in [-0.3, -0.25) is 4.79 Å². The van der Waals surface area contributed by atoms with Crippen molar-refractivity contribution in [2.45, 2.75) is 19.8 Å². The number of carbonyl (C=O) groups is 1. The molecule has 0 aliphatic rings. The van der Waals surface area contributed by atoms with Gasteiger partial charge in [0.1, 0.15) is 5.82 Å². The van der Waals surface area contributed by atoms with Crippen molar-refractivity contribution in [2.24, 2.45) is 5.92 Å². The van der Waals surface area contributed by atoms with Crippen LogP contribution in [0.5, 0.6) is 0 Å². The highest BCUT2D eigenvalue weighted by Gasteiger charge is 2.12. The van der Waals surface area contributed by atoms with Gasteiger partial charge in [0.05, 0.1) is 10.0 Å². The van der Waals surface area contributed by atoms with E-state index < -0.39 is 5.82 Å². The van der Waals surface area contributed by atoms with Crippen molar-refractivity contribution in [3.05, 3.63) is 34.1 Å². The van der Waals surface area contributed by atoms with Crippen molar-refractivity contribution in [1.29, 1.82) is 0 Å². The molecule has 5 heteroatoms. The average Bonchev–Trinajstić information content (AvgIpc) is 2.37. The maximum Gasteiger partial charge on any atom is 0.252 e. The minimum absolute atomic E-state index is 0.205. The Hall–Kier alpha value is -0.610. The van der Waals surface area contributed by atoms with E-state index >= 15 is 0 Å². The zero-order valence-electron chi connectivity index (χ0n) is 10.2. The van der Waals surface area contributed by atoms with Crippen LogP contribution in [-0.2, 0) is 0 Å². The summed E-state index contributed by atoms with van der Waals surface area (Å²) in [5, 5.41) is 2.77. The summed E-state index contributed by atoms with van der Waals surface area (Å²) in [5.41, 5.74) is 0.320. The molecule has 1 aromatic carbocycles. The van der Waals surface area contributed by atoms with Crippen molar-refractivity contribution >= 4 is 33.4 Å². The Morgan fingerprint density at radius 1 is 1.56 bits per heavy atom. The van der Waals surface area contributed by atoms with Gasteiger partial charge >= 0.3 is 0 Å². The third-order valence-electron chi connectivity index (χ3n) is 2.62. The number of hydrogen-bond donors (Lipinski definition) is 1. The van der Waals surface area contributed by atoms with Crippen LogP contribution >= 0.6 is 27.5 Å². The summed E-state index contributed by atoms with van der Waals surface area (Å²) in [6.45, 7) is 2.64. The van der Waals surface area contributed by atoms with Crippen molar-refractivity contribution in [3.63, 3.8) is 0 Å². The first-order valence-corrected chi connectivity index (χ1v) is 7.17. The summed E-state index contributed by atoms with van der Waals surface area (Å²) < 4.78 is 13.4. The highest BCUT2D eigenvalue weighted by atomic mass is 79.9. The van der Waals surface area contributed by atoms with Crippen LogP contribution in [0.3, 0.4) is 0 Å². The SMILES string of the molecule is CC(CCl)CCCNC(=O)c1cccc(F)c1Br. The molecule has 0 fully saturated rings. The molecule has 0 aromatic heterocycles. The lowest BCUT2D eigenvalue weighted by Gasteiger charge is -2.09. The first-order valence-electron chi connectivity index (χ1n) is 5.84. The molecule has 0 heterocycles. The minimum Gasteiger partial charge on any atom is -0.352 e. The van der Waals surface area contributed by atoms with Crippen LogP contribution in [0.4, 0.5) is 4.39 Å². The van der Waals surface area contributed by atoms with Crippen LogP contribution in [-0.4, -0.2) is 18.3 Å². The second kappa shape index (κ2) is 7.74. The highest BCUT2D eigenvalue weighted by Crippen LogP contribution is 2.20. The van der Waals surface area contributed by atoms with Crippen LogP contribution < -0.4 is 5.32 Å². The standard InChI is InChI=1S/C13H16BrClFNO/c1-9(8-15)4-3-7-17-13(18)10-5-2-6-11(16)12(10)14/h2,5-6,9H,3-4,7-8H2,1H3,(H,17,18). The van der Waals surface area contributed by atoms with Crippen LogP contribution in [0.15, 0.2) is 22.7 Å². The van der Waals surface area contributed by atoms with Crippen LogP contribution in [0.2, 0.25) is 0 Å². The van der Waals surface area contributed by atoms with E-state index in [-0.39, 0.29) is 10.4 Å². The molecule has 0 aliphatic heterocycles. The summed E-state index contributed by atoms with van der Waals surface area (Å²) >= 11 is 8.76. The number of halogens is 3. The molecule has 0 aliphatic carbocycles. The smallest absolute Gasteiger partial charge is 0.252 e. The van der Waals surface area contributed by atoms with E-state index in [1.807, 2.05) is 0 Å². The lowest BCUT2D eigenvalue weighted by Crippen LogP contribution is -2.25. The van der Waals surface area contributed by atoms with Gasteiger partial charge in [0.15, 0.2) is 0 Å². The van der Waals surface area contributed by atoms with Crippen LogP contribution in [0.1, 0.15) is 30.1 Å². The average molecular weight is 337 g/mol. The Kier molecular flexibility index (Phi) is 6.65. The molecule has 1 rings (SSSR count).